The van der Waals surface area contributed by atoms with Gasteiger partial charge in [0.15, 0.2) is 0 Å². The molecule has 0 aromatic heterocycles. The van der Waals surface area contributed by atoms with Gasteiger partial charge in [-0.2, -0.15) is 0 Å². The predicted molar refractivity (Wildman–Crippen MR) is 46.5 cm³/mol. The van der Waals surface area contributed by atoms with Crippen LogP contribution < -0.4 is 58.2 Å². The van der Waals surface area contributed by atoms with E-state index in [0.717, 1.165) is 0 Å². The first kappa shape index (κ1) is 38.8. The van der Waals surface area contributed by atoms with Crippen molar-refractivity contribution in [3.63, 3.8) is 0 Å². The van der Waals surface area contributed by atoms with E-state index in [1.807, 2.05) is 0 Å². The molecule has 0 fully saturated rings. The van der Waals surface area contributed by atoms with Gasteiger partial charge in [0.1, 0.15) is 0 Å². The summed E-state index contributed by atoms with van der Waals surface area (Å²) in [4.78, 5) is 0. The van der Waals surface area contributed by atoms with Crippen LogP contribution in [0.4, 0.5) is 69.1 Å². The third-order valence-corrected chi connectivity index (χ3v) is 0. The van der Waals surface area contributed by atoms with Crippen LogP contribution in [0, 0.1) is 0 Å². The molecule has 22 heavy (non-hydrogen) atoms. The molecule has 0 atom stereocenters. The molecule has 0 radical (unpaired) electrons. The van der Waals surface area contributed by atoms with Crippen LogP contribution in [0.3, 0.4) is 0 Å². The molecule has 0 aliphatic rings. The Labute approximate surface area is 172 Å². The second-order valence-electron chi connectivity index (χ2n) is 1.98. The van der Waals surface area contributed by atoms with E-state index in [-0.39, 0.29) is 75.5 Å². The Morgan fingerprint density at radius 1 is 0.273 bits per heavy atom. The Hall–Kier alpha value is 1.48. The molecule has 0 unspecified atom stereocenters. The molecule has 0 nitrogen and oxygen atoms in total. The fourth-order valence-corrected chi connectivity index (χ4v) is 0. The van der Waals surface area contributed by atoms with Gasteiger partial charge >= 0.3 is 105 Å². The largest absolute Gasteiger partial charge is 3.00 e. The smallest absolute Gasteiger partial charge is 0.418 e. The van der Waals surface area contributed by atoms with Crippen LogP contribution >= 0.6 is 0 Å². The molecular weight excluding hydrogens is 460 g/mol. The molecule has 0 aromatic rings. The van der Waals surface area contributed by atoms with E-state index in [1.54, 1.807) is 0 Å². The van der Waals surface area contributed by atoms with Gasteiger partial charge in [0, 0.05) is 0 Å². The number of halogens is 16. The molecule has 0 saturated carbocycles. The summed E-state index contributed by atoms with van der Waals surface area (Å²) in [5.41, 5.74) is 0. The molecule has 0 aromatic carbocycles. The van der Waals surface area contributed by atoms with Gasteiger partial charge in [0.2, 0.25) is 0 Å². The first-order valence-electron chi connectivity index (χ1n) is 3.49. The summed E-state index contributed by atoms with van der Waals surface area (Å²) in [6.45, 7) is 0. The monoisotopic (exact) mass is 460 g/mol. The summed E-state index contributed by atoms with van der Waals surface area (Å²) in [6.07, 6.45) is 0. The number of hydrogen-bond acceptors (Lipinski definition) is 0. The van der Waals surface area contributed by atoms with Crippen molar-refractivity contribution in [1.29, 1.82) is 0 Å². The SMILES string of the molecule is F[B-](F)(F)F.F[B-](F)(F)F.F[B-](F)(F)F.F[B-](F)(F)F.[Al+3].[Rb+]. The fraction of sp³-hybridized carbons (Fsp3) is 0. The van der Waals surface area contributed by atoms with E-state index in [9.17, 15) is 69.1 Å². The van der Waals surface area contributed by atoms with E-state index in [4.69, 9.17) is 0 Å². The van der Waals surface area contributed by atoms with Crippen molar-refractivity contribution in [1.82, 2.24) is 0 Å². The summed E-state index contributed by atoms with van der Waals surface area (Å²) in [5.74, 6) is 0. The molecule has 0 amide bonds. The fourth-order valence-electron chi connectivity index (χ4n) is 0. The topological polar surface area (TPSA) is 0 Å². The van der Waals surface area contributed by atoms with Crippen LogP contribution in [0.2, 0.25) is 0 Å². The van der Waals surface area contributed by atoms with Crippen molar-refractivity contribution in [3.05, 3.63) is 0 Å². The molecule has 0 saturated heterocycles. The van der Waals surface area contributed by atoms with Gasteiger partial charge in [0.25, 0.3) is 0 Å². The van der Waals surface area contributed by atoms with Crippen molar-refractivity contribution in [2.75, 3.05) is 0 Å². The van der Waals surface area contributed by atoms with E-state index in [2.05, 4.69) is 0 Å². The van der Waals surface area contributed by atoms with Gasteiger partial charge < -0.3 is 69.1 Å². The molecule has 128 valence electrons. The Balaban J connectivity index is -0.0000000376. The maximum absolute atomic E-state index is 9.75. The predicted octanol–water partition coefficient (Wildman–Crippen LogP) is 1.82. The van der Waals surface area contributed by atoms with Crippen LogP contribution in [0.5, 0.6) is 0 Å². The van der Waals surface area contributed by atoms with Gasteiger partial charge in [-0.25, -0.2) is 0 Å². The molecule has 0 heterocycles. The third kappa shape index (κ3) is 4130. The minimum atomic E-state index is -6.00. The maximum atomic E-state index is 9.75. The van der Waals surface area contributed by atoms with Gasteiger partial charge in [-0.1, -0.05) is 0 Å². The van der Waals surface area contributed by atoms with Crippen molar-refractivity contribution in [2.24, 2.45) is 0 Å². The molecular formula is AlB4F16Rb. The summed E-state index contributed by atoms with van der Waals surface area (Å²) in [5, 5.41) is 0. The summed E-state index contributed by atoms with van der Waals surface area (Å²) in [6, 6.07) is 0. The van der Waals surface area contributed by atoms with E-state index in [1.165, 1.54) is 0 Å². The van der Waals surface area contributed by atoms with Gasteiger partial charge in [-0.05, 0) is 0 Å². The molecule has 22 heteroatoms. The van der Waals surface area contributed by atoms with Crippen molar-refractivity contribution < 1.29 is 127 Å². The normalized spacial score (nSPS) is 10.9. The van der Waals surface area contributed by atoms with Gasteiger partial charge in [-0.15, -0.1) is 0 Å². The van der Waals surface area contributed by atoms with Crippen LogP contribution in [0.15, 0.2) is 0 Å². The zero-order valence-electron chi connectivity index (χ0n) is 9.93. The summed E-state index contributed by atoms with van der Waals surface area (Å²) < 4.78 is 156. The average molecular weight is 460 g/mol. The molecule has 0 spiro atoms. The molecule has 0 aliphatic carbocycles. The first-order valence-corrected chi connectivity index (χ1v) is 3.49. The van der Waals surface area contributed by atoms with Crippen LogP contribution in [-0.4, -0.2) is 46.4 Å². The third-order valence-electron chi connectivity index (χ3n) is 0. The molecule has 0 bridgehead atoms. The molecule has 0 rings (SSSR count). The molecule has 0 aliphatic heterocycles. The van der Waals surface area contributed by atoms with Crippen LogP contribution in [-0.2, 0) is 0 Å². The molecule has 0 N–H and O–H groups in total. The second kappa shape index (κ2) is 16.0. The summed E-state index contributed by atoms with van der Waals surface area (Å²) in [7, 11) is -24.0. The maximum Gasteiger partial charge on any atom is 3.00 e. The van der Waals surface area contributed by atoms with Crippen molar-refractivity contribution in [3.8, 4) is 0 Å². The van der Waals surface area contributed by atoms with E-state index >= 15 is 0 Å². The summed E-state index contributed by atoms with van der Waals surface area (Å²) >= 11 is 0. The number of rotatable bonds is 0. The van der Waals surface area contributed by atoms with Gasteiger partial charge in [0.05, 0.1) is 0 Å². The van der Waals surface area contributed by atoms with Crippen molar-refractivity contribution >= 4 is 46.4 Å². The minimum absolute atomic E-state index is 0. The Bertz CT molecular complexity index is 136. The van der Waals surface area contributed by atoms with Crippen LogP contribution in [0.1, 0.15) is 0 Å². The Morgan fingerprint density at radius 2 is 0.273 bits per heavy atom. The minimum Gasteiger partial charge on any atom is -0.418 e. The second-order valence-corrected chi connectivity index (χ2v) is 1.98. The van der Waals surface area contributed by atoms with Gasteiger partial charge in [-0.3, -0.25) is 0 Å². The Kier molecular flexibility index (Phi) is 28.2. The zero-order chi connectivity index (χ0) is 18.0. The number of hydrogen-bond donors (Lipinski definition) is 0. The first-order chi connectivity index (χ1) is 8.00. The van der Waals surface area contributed by atoms with Crippen molar-refractivity contribution in [2.45, 2.75) is 0 Å². The van der Waals surface area contributed by atoms with E-state index < -0.39 is 29.0 Å². The Morgan fingerprint density at radius 3 is 0.273 bits per heavy atom. The van der Waals surface area contributed by atoms with E-state index in [0.29, 0.717) is 0 Å². The van der Waals surface area contributed by atoms with Crippen LogP contribution in [0.25, 0.3) is 0 Å². The zero-order valence-corrected chi connectivity index (χ0v) is 16.0. The standard InChI is InChI=1S/Al.4BF4.Rb/c;4*2-1(3,4)5;/q+3;4*-1;+1. The quantitative estimate of drug-likeness (QED) is 0.383. The average Bonchev–Trinajstić information content (AvgIpc) is 1.62.